The van der Waals surface area contributed by atoms with Crippen molar-refractivity contribution in [2.75, 3.05) is 19.8 Å². The van der Waals surface area contributed by atoms with Crippen LogP contribution < -0.4 is 15.4 Å². The monoisotopic (exact) mass is 568 g/mol. The van der Waals surface area contributed by atoms with Crippen LogP contribution in [-0.4, -0.2) is 52.8 Å². The van der Waals surface area contributed by atoms with E-state index < -0.39 is 12.8 Å². The fourth-order valence-electron chi connectivity index (χ4n) is 2.98. The van der Waals surface area contributed by atoms with Crippen molar-refractivity contribution in [1.29, 1.82) is 0 Å². The zero-order valence-corrected chi connectivity index (χ0v) is 20.3. The molecule has 2 N–H and O–H groups in total. The molecular formula is C20H28F3IN6O2. The summed E-state index contributed by atoms with van der Waals surface area (Å²) in [7, 11) is 1.89. The Hall–Kier alpha value is -2.09. The zero-order chi connectivity index (χ0) is 22.3. The molecule has 0 radical (unpaired) electrons. The molecule has 32 heavy (non-hydrogen) atoms. The second kappa shape index (κ2) is 12.2. The average molecular weight is 568 g/mol. The summed E-state index contributed by atoms with van der Waals surface area (Å²) in [5.41, 5.74) is 0.840. The molecule has 8 nitrogen and oxygen atoms in total. The molecule has 1 fully saturated rings. The SMILES string of the molecule is Cc1nnc(CNC(=NCc2ccc(OCC(F)(F)F)cc2)NCC2CCCO2)n1C.I. The van der Waals surface area contributed by atoms with E-state index in [2.05, 4.69) is 25.8 Å². The number of guanidine groups is 1. The molecule has 1 aliphatic rings. The lowest BCUT2D eigenvalue weighted by molar-refractivity contribution is -0.153. The summed E-state index contributed by atoms with van der Waals surface area (Å²) in [4.78, 5) is 4.58. The van der Waals surface area contributed by atoms with Gasteiger partial charge in [-0.05, 0) is 37.5 Å². The molecule has 2 heterocycles. The van der Waals surface area contributed by atoms with Crippen LogP contribution in [0.15, 0.2) is 29.3 Å². The van der Waals surface area contributed by atoms with Crippen molar-refractivity contribution in [3.63, 3.8) is 0 Å². The van der Waals surface area contributed by atoms with E-state index in [9.17, 15) is 13.2 Å². The van der Waals surface area contributed by atoms with Crippen LogP contribution in [0.3, 0.4) is 0 Å². The second-order valence-corrected chi connectivity index (χ2v) is 7.30. The Morgan fingerprint density at radius 3 is 2.59 bits per heavy atom. The molecule has 1 aromatic heterocycles. The maximum atomic E-state index is 12.3. The van der Waals surface area contributed by atoms with Crippen molar-refractivity contribution in [3.8, 4) is 5.75 Å². The van der Waals surface area contributed by atoms with Crippen molar-refractivity contribution >= 4 is 29.9 Å². The van der Waals surface area contributed by atoms with E-state index in [1.807, 2.05) is 18.5 Å². The molecule has 0 amide bonds. The summed E-state index contributed by atoms with van der Waals surface area (Å²) >= 11 is 0. The Morgan fingerprint density at radius 2 is 2.00 bits per heavy atom. The van der Waals surface area contributed by atoms with E-state index in [-0.39, 0.29) is 35.8 Å². The van der Waals surface area contributed by atoms with Crippen LogP contribution in [0, 0.1) is 6.92 Å². The first-order chi connectivity index (χ1) is 14.8. The first kappa shape index (κ1) is 26.2. The molecular weight excluding hydrogens is 540 g/mol. The van der Waals surface area contributed by atoms with Crippen LogP contribution >= 0.6 is 24.0 Å². The first-order valence-electron chi connectivity index (χ1n) is 10.1. The summed E-state index contributed by atoms with van der Waals surface area (Å²) in [6.45, 7) is 2.76. The number of aliphatic imine (C=N–C) groups is 1. The third kappa shape index (κ3) is 8.45. The zero-order valence-electron chi connectivity index (χ0n) is 18.0. The van der Waals surface area contributed by atoms with E-state index in [4.69, 9.17) is 9.47 Å². The van der Waals surface area contributed by atoms with Crippen molar-refractivity contribution in [1.82, 2.24) is 25.4 Å². The lowest BCUT2D eigenvalue weighted by Gasteiger charge is -2.15. The number of nitrogens with zero attached hydrogens (tertiary/aromatic N) is 4. The molecule has 2 aromatic rings. The van der Waals surface area contributed by atoms with Gasteiger partial charge >= 0.3 is 6.18 Å². The van der Waals surface area contributed by atoms with Gasteiger partial charge in [-0.15, -0.1) is 34.2 Å². The molecule has 0 aliphatic carbocycles. The Bertz CT molecular complexity index is 867. The number of benzene rings is 1. The van der Waals surface area contributed by atoms with Gasteiger partial charge in [0.2, 0.25) is 0 Å². The molecule has 1 unspecified atom stereocenters. The van der Waals surface area contributed by atoms with Crippen LogP contribution in [0.25, 0.3) is 0 Å². The molecule has 178 valence electrons. The number of aryl methyl sites for hydroxylation is 1. The Kier molecular flexibility index (Phi) is 10.0. The standard InChI is InChI=1S/C20H27F3N6O2.HI/c1-14-27-28-18(29(14)2)12-26-19(25-11-17-4-3-9-30-17)24-10-15-5-7-16(8-6-15)31-13-20(21,22)23;/h5-8,17H,3-4,9-13H2,1-2H3,(H2,24,25,26);1H. The summed E-state index contributed by atoms with van der Waals surface area (Å²) in [6, 6.07) is 6.40. The summed E-state index contributed by atoms with van der Waals surface area (Å²) in [5.74, 6) is 2.34. The van der Waals surface area contributed by atoms with Gasteiger partial charge in [-0.1, -0.05) is 12.1 Å². The summed E-state index contributed by atoms with van der Waals surface area (Å²) in [6.07, 6.45) is -2.16. The summed E-state index contributed by atoms with van der Waals surface area (Å²) in [5, 5.41) is 14.7. The Morgan fingerprint density at radius 1 is 1.25 bits per heavy atom. The van der Waals surface area contributed by atoms with Crippen LogP contribution in [0.5, 0.6) is 5.75 Å². The predicted molar refractivity (Wildman–Crippen MR) is 124 cm³/mol. The maximum absolute atomic E-state index is 12.3. The highest BCUT2D eigenvalue weighted by Gasteiger charge is 2.28. The lowest BCUT2D eigenvalue weighted by atomic mass is 10.2. The van der Waals surface area contributed by atoms with Gasteiger partial charge in [0.05, 0.1) is 19.2 Å². The van der Waals surface area contributed by atoms with E-state index in [1.165, 1.54) is 12.1 Å². The van der Waals surface area contributed by atoms with E-state index in [0.29, 0.717) is 25.6 Å². The van der Waals surface area contributed by atoms with E-state index in [0.717, 1.165) is 36.7 Å². The third-order valence-corrected chi connectivity index (χ3v) is 4.86. The molecule has 3 rings (SSSR count). The molecule has 0 bridgehead atoms. The van der Waals surface area contributed by atoms with Crippen molar-refractivity contribution in [2.24, 2.45) is 12.0 Å². The van der Waals surface area contributed by atoms with Crippen LogP contribution in [0.1, 0.15) is 30.1 Å². The second-order valence-electron chi connectivity index (χ2n) is 7.30. The highest BCUT2D eigenvalue weighted by molar-refractivity contribution is 14.0. The number of aromatic nitrogens is 3. The van der Waals surface area contributed by atoms with Gasteiger partial charge in [-0.25, -0.2) is 4.99 Å². The Balaban J connectivity index is 0.00000363. The van der Waals surface area contributed by atoms with Gasteiger partial charge in [0.15, 0.2) is 18.4 Å². The first-order valence-corrected chi connectivity index (χ1v) is 10.1. The quantitative estimate of drug-likeness (QED) is 0.290. The topological polar surface area (TPSA) is 85.6 Å². The number of hydrogen-bond donors (Lipinski definition) is 2. The molecule has 1 saturated heterocycles. The normalized spacial score (nSPS) is 16.5. The van der Waals surface area contributed by atoms with Gasteiger partial charge < -0.3 is 24.7 Å². The highest BCUT2D eigenvalue weighted by atomic mass is 127. The van der Waals surface area contributed by atoms with Gasteiger partial charge in [-0.3, -0.25) is 0 Å². The number of rotatable bonds is 8. The van der Waals surface area contributed by atoms with Gasteiger partial charge in [-0.2, -0.15) is 13.2 Å². The predicted octanol–water partition coefficient (Wildman–Crippen LogP) is 3.10. The molecule has 1 aromatic carbocycles. The fourth-order valence-corrected chi connectivity index (χ4v) is 2.98. The van der Waals surface area contributed by atoms with Gasteiger partial charge in [0.25, 0.3) is 0 Å². The van der Waals surface area contributed by atoms with Crippen molar-refractivity contribution in [3.05, 3.63) is 41.5 Å². The van der Waals surface area contributed by atoms with Crippen LogP contribution in [0.4, 0.5) is 13.2 Å². The molecule has 12 heteroatoms. The smallest absolute Gasteiger partial charge is 0.422 e. The minimum absolute atomic E-state index is 0. The highest BCUT2D eigenvalue weighted by Crippen LogP contribution is 2.19. The van der Waals surface area contributed by atoms with E-state index >= 15 is 0 Å². The van der Waals surface area contributed by atoms with Gasteiger partial charge in [0, 0.05) is 20.2 Å². The number of alkyl halides is 3. The number of hydrogen-bond acceptors (Lipinski definition) is 5. The largest absolute Gasteiger partial charge is 0.484 e. The fraction of sp³-hybridized carbons (Fsp3) is 0.550. The summed E-state index contributed by atoms with van der Waals surface area (Å²) < 4.78 is 49.1. The van der Waals surface area contributed by atoms with E-state index in [1.54, 1.807) is 12.1 Å². The average Bonchev–Trinajstić information content (AvgIpc) is 3.37. The molecule has 0 spiro atoms. The lowest BCUT2D eigenvalue weighted by Crippen LogP contribution is -2.41. The molecule has 1 aliphatic heterocycles. The molecule has 1 atom stereocenters. The Labute approximate surface area is 202 Å². The number of ether oxygens (including phenoxy) is 2. The minimum Gasteiger partial charge on any atom is -0.484 e. The van der Waals surface area contributed by atoms with Gasteiger partial charge in [0.1, 0.15) is 11.6 Å². The minimum atomic E-state index is -4.36. The van der Waals surface area contributed by atoms with Crippen molar-refractivity contribution in [2.45, 2.75) is 45.1 Å². The maximum Gasteiger partial charge on any atom is 0.422 e. The van der Waals surface area contributed by atoms with Crippen molar-refractivity contribution < 1.29 is 22.6 Å². The number of halogens is 4. The number of nitrogens with one attached hydrogen (secondary N) is 2. The van der Waals surface area contributed by atoms with Crippen LogP contribution in [-0.2, 0) is 24.9 Å². The third-order valence-electron chi connectivity index (χ3n) is 4.86. The molecule has 0 saturated carbocycles. The van der Waals surface area contributed by atoms with Crippen LogP contribution in [0.2, 0.25) is 0 Å².